The third kappa shape index (κ3) is 3.44. The Hall–Kier alpha value is -2.63. The summed E-state index contributed by atoms with van der Waals surface area (Å²) in [6.07, 6.45) is 0. The highest BCUT2D eigenvalue weighted by molar-refractivity contribution is 5.88. The monoisotopic (exact) mass is 276 g/mol. The van der Waals surface area contributed by atoms with Crippen molar-refractivity contribution in [3.05, 3.63) is 65.2 Å². The standard InChI is InChI=1S/C14H10F2N2O2/c15-12-5-4-9(6-13(12)16)8-17-18-11-3-1-2-10(7-11)14(19)20/h1-7H,8H2,(H,19,20). The number of aromatic carboxylic acids is 1. The van der Waals surface area contributed by atoms with Crippen molar-refractivity contribution in [3.63, 3.8) is 0 Å². The van der Waals surface area contributed by atoms with Gasteiger partial charge in [0.25, 0.3) is 0 Å². The summed E-state index contributed by atoms with van der Waals surface area (Å²) in [6, 6.07) is 9.43. The van der Waals surface area contributed by atoms with Crippen molar-refractivity contribution in [3.8, 4) is 0 Å². The molecule has 2 aromatic rings. The predicted molar refractivity (Wildman–Crippen MR) is 68.0 cm³/mol. The molecule has 0 aromatic heterocycles. The fraction of sp³-hybridized carbons (Fsp3) is 0.0714. The second-order valence-electron chi connectivity index (χ2n) is 4.00. The lowest BCUT2D eigenvalue weighted by atomic mass is 10.2. The quantitative estimate of drug-likeness (QED) is 0.859. The highest BCUT2D eigenvalue weighted by atomic mass is 19.2. The largest absolute Gasteiger partial charge is 0.478 e. The maximum Gasteiger partial charge on any atom is 0.335 e. The van der Waals surface area contributed by atoms with Gasteiger partial charge in [0.1, 0.15) is 0 Å². The summed E-state index contributed by atoms with van der Waals surface area (Å²) in [4.78, 5) is 10.8. The van der Waals surface area contributed by atoms with Gasteiger partial charge < -0.3 is 5.11 Å². The third-order valence-electron chi connectivity index (χ3n) is 2.52. The molecule has 0 amide bonds. The van der Waals surface area contributed by atoms with Crippen LogP contribution in [0.2, 0.25) is 0 Å². The fourth-order valence-electron chi connectivity index (χ4n) is 1.54. The minimum atomic E-state index is -1.05. The number of halogens is 2. The van der Waals surface area contributed by atoms with Crippen LogP contribution in [0.5, 0.6) is 0 Å². The zero-order chi connectivity index (χ0) is 14.5. The van der Waals surface area contributed by atoms with Crippen molar-refractivity contribution in [2.24, 2.45) is 10.2 Å². The number of carboxylic acid groups (broad SMARTS) is 1. The maximum atomic E-state index is 13.0. The molecule has 0 heterocycles. The van der Waals surface area contributed by atoms with E-state index in [1.165, 1.54) is 18.2 Å². The van der Waals surface area contributed by atoms with E-state index in [2.05, 4.69) is 10.2 Å². The molecule has 0 fully saturated rings. The number of carboxylic acids is 1. The van der Waals surface area contributed by atoms with Crippen molar-refractivity contribution in [1.29, 1.82) is 0 Å². The molecule has 6 heteroatoms. The molecule has 0 unspecified atom stereocenters. The third-order valence-corrected chi connectivity index (χ3v) is 2.52. The highest BCUT2D eigenvalue weighted by Crippen LogP contribution is 2.16. The molecule has 0 saturated carbocycles. The Balaban J connectivity index is 2.08. The van der Waals surface area contributed by atoms with E-state index < -0.39 is 17.6 Å². The van der Waals surface area contributed by atoms with Crippen LogP contribution in [-0.2, 0) is 6.54 Å². The van der Waals surface area contributed by atoms with Crippen LogP contribution in [0.15, 0.2) is 52.7 Å². The first-order valence-corrected chi connectivity index (χ1v) is 5.71. The molecular formula is C14H10F2N2O2. The Morgan fingerprint density at radius 1 is 1.10 bits per heavy atom. The molecule has 4 nitrogen and oxygen atoms in total. The Morgan fingerprint density at radius 3 is 2.60 bits per heavy atom. The SMILES string of the molecule is O=C(O)c1cccc(N=NCc2ccc(F)c(F)c2)c1. The average molecular weight is 276 g/mol. The van der Waals surface area contributed by atoms with Crippen LogP contribution in [0.1, 0.15) is 15.9 Å². The van der Waals surface area contributed by atoms with Crippen molar-refractivity contribution >= 4 is 11.7 Å². The first-order chi connectivity index (χ1) is 9.56. The maximum absolute atomic E-state index is 13.0. The van der Waals surface area contributed by atoms with Crippen molar-refractivity contribution in [2.45, 2.75) is 6.54 Å². The van der Waals surface area contributed by atoms with Gasteiger partial charge in [-0.1, -0.05) is 12.1 Å². The van der Waals surface area contributed by atoms with Gasteiger partial charge in [-0.2, -0.15) is 10.2 Å². The molecule has 0 radical (unpaired) electrons. The fourth-order valence-corrected chi connectivity index (χ4v) is 1.54. The van der Waals surface area contributed by atoms with Crippen LogP contribution in [0.25, 0.3) is 0 Å². The number of nitrogens with zero attached hydrogens (tertiary/aromatic N) is 2. The minimum absolute atomic E-state index is 0.0779. The summed E-state index contributed by atoms with van der Waals surface area (Å²) in [5.74, 6) is -2.91. The smallest absolute Gasteiger partial charge is 0.335 e. The molecule has 20 heavy (non-hydrogen) atoms. The lowest BCUT2D eigenvalue weighted by Crippen LogP contribution is -1.94. The van der Waals surface area contributed by atoms with E-state index in [1.807, 2.05) is 0 Å². The summed E-state index contributed by atoms with van der Waals surface area (Å²) in [5.41, 5.74) is 0.962. The molecule has 0 aliphatic heterocycles. The van der Waals surface area contributed by atoms with Crippen LogP contribution in [0.3, 0.4) is 0 Å². The van der Waals surface area contributed by atoms with E-state index in [9.17, 15) is 13.6 Å². The number of hydrogen-bond donors (Lipinski definition) is 1. The zero-order valence-electron chi connectivity index (χ0n) is 10.3. The van der Waals surface area contributed by atoms with Crippen LogP contribution in [-0.4, -0.2) is 11.1 Å². The molecule has 102 valence electrons. The second kappa shape index (κ2) is 6.01. The number of carbonyl (C=O) groups is 1. The summed E-state index contributed by atoms with van der Waals surface area (Å²) in [6.45, 7) is 0.0779. The second-order valence-corrected chi connectivity index (χ2v) is 4.00. The van der Waals surface area contributed by atoms with Gasteiger partial charge in [-0.05, 0) is 35.9 Å². The van der Waals surface area contributed by atoms with Gasteiger partial charge in [0.2, 0.25) is 0 Å². The molecule has 0 saturated heterocycles. The van der Waals surface area contributed by atoms with Crippen LogP contribution in [0, 0.1) is 11.6 Å². The normalized spacial score (nSPS) is 10.9. The first-order valence-electron chi connectivity index (χ1n) is 5.71. The Kier molecular flexibility index (Phi) is 4.14. The molecule has 0 atom stereocenters. The topological polar surface area (TPSA) is 62.0 Å². The van der Waals surface area contributed by atoms with Crippen LogP contribution in [0.4, 0.5) is 14.5 Å². The molecule has 2 aromatic carbocycles. The van der Waals surface area contributed by atoms with Crippen LogP contribution >= 0.6 is 0 Å². The molecule has 2 rings (SSSR count). The van der Waals surface area contributed by atoms with Crippen LogP contribution < -0.4 is 0 Å². The number of hydrogen-bond acceptors (Lipinski definition) is 3. The van der Waals surface area contributed by atoms with Crippen molar-refractivity contribution in [1.82, 2.24) is 0 Å². The van der Waals surface area contributed by atoms with Gasteiger partial charge >= 0.3 is 5.97 Å². The van der Waals surface area contributed by atoms with Gasteiger partial charge in [-0.25, -0.2) is 13.6 Å². The lowest BCUT2D eigenvalue weighted by Gasteiger charge is -1.98. The zero-order valence-corrected chi connectivity index (χ0v) is 10.3. The lowest BCUT2D eigenvalue weighted by molar-refractivity contribution is 0.0697. The number of azo groups is 1. The van der Waals surface area contributed by atoms with Crippen molar-refractivity contribution in [2.75, 3.05) is 0 Å². The highest BCUT2D eigenvalue weighted by Gasteiger charge is 2.03. The Morgan fingerprint density at radius 2 is 1.90 bits per heavy atom. The van der Waals surface area contributed by atoms with E-state index in [0.717, 1.165) is 12.1 Å². The molecular weight excluding hydrogens is 266 g/mol. The predicted octanol–water partition coefficient (Wildman–Crippen LogP) is 3.95. The minimum Gasteiger partial charge on any atom is -0.478 e. The number of benzene rings is 2. The van der Waals surface area contributed by atoms with Gasteiger partial charge in [0.15, 0.2) is 11.6 Å². The van der Waals surface area contributed by atoms with E-state index in [0.29, 0.717) is 11.3 Å². The van der Waals surface area contributed by atoms with E-state index in [-0.39, 0.29) is 12.1 Å². The van der Waals surface area contributed by atoms with E-state index in [1.54, 1.807) is 12.1 Å². The van der Waals surface area contributed by atoms with Crippen molar-refractivity contribution < 1.29 is 18.7 Å². The van der Waals surface area contributed by atoms with E-state index >= 15 is 0 Å². The van der Waals surface area contributed by atoms with Gasteiger partial charge in [-0.3, -0.25) is 0 Å². The molecule has 0 aliphatic carbocycles. The van der Waals surface area contributed by atoms with E-state index in [4.69, 9.17) is 5.11 Å². The average Bonchev–Trinajstić information content (AvgIpc) is 2.43. The summed E-state index contributed by atoms with van der Waals surface area (Å²) in [7, 11) is 0. The molecule has 0 spiro atoms. The van der Waals surface area contributed by atoms with Gasteiger partial charge in [-0.15, -0.1) is 0 Å². The Labute approximate surface area is 113 Å². The van der Waals surface area contributed by atoms with Gasteiger partial charge in [0, 0.05) is 0 Å². The molecule has 1 N–H and O–H groups in total. The first kappa shape index (κ1) is 13.8. The summed E-state index contributed by atoms with van der Waals surface area (Å²) in [5, 5.41) is 16.5. The molecule has 0 aliphatic rings. The molecule has 0 bridgehead atoms. The van der Waals surface area contributed by atoms with Gasteiger partial charge in [0.05, 0.1) is 17.8 Å². The summed E-state index contributed by atoms with van der Waals surface area (Å²) >= 11 is 0. The number of rotatable bonds is 4. The summed E-state index contributed by atoms with van der Waals surface area (Å²) < 4.78 is 25.7. The Bertz CT molecular complexity index is 672.